The molecule has 17 heavy (non-hydrogen) atoms. The summed E-state index contributed by atoms with van der Waals surface area (Å²) in [4.78, 5) is 24.0. The lowest BCUT2D eigenvalue weighted by Crippen LogP contribution is -2.47. The van der Waals surface area contributed by atoms with Crippen molar-refractivity contribution in [2.45, 2.75) is 44.9 Å². The number of aliphatic carboxylic acids is 1. The Bertz CT molecular complexity index is 311. The van der Waals surface area contributed by atoms with E-state index >= 15 is 0 Å². The summed E-state index contributed by atoms with van der Waals surface area (Å²) in [5.74, 6) is -1.28. The molecule has 1 rings (SSSR count). The second kappa shape index (κ2) is 5.01. The van der Waals surface area contributed by atoms with Crippen LogP contribution >= 0.6 is 0 Å². The third-order valence-electron chi connectivity index (χ3n) is 2.52. The number of carboxylic acid groups (broad SMARTS) is 1. The van der Waals surface area contributed by atoms with Gasteiger partial charge in [0, 0.05) is 19.0 Å². The van der Waals surface area contributed by atoms with E-state index in [9.17, 15) is 9.59 Å². The predicted molar refractivity (Wildman–Crippen MR) is 61.4 cm³/mol. The van der Waals surface area contributed by atoms with Crippen molar-refractivity contribution in [2.24, 2.45) is 5.73 Å². The van der Waals surface area contributed by atoms with Crippen LogP contribution in [0.25, 0.3) is 0 Å². The maximum Gasteiger partial charge on any atom is 0.328 e. The van der Waals surface area contributed by atoms with Crippen LogP contribution in [0.3, 0.4) is 0 Å². The lowest BCUT2D eigenvalue weighted by atomic mass is 10.2. The minimum absolute atomic E-state index is 0.0166. The summed E-state index contributed by atoms with van der Waals surface area (Å²) in [7, 11) is 0. The maximum atomic E-state index is 11.6. The molecule has 1 fully saturated rings. The first-order chi connectivity index (χ1) is 7.70. The van der Waals surface area contributed by atoms with Gasteiger partial charge in [-0.2, -0.15) is 0 Å². The van der Waals surface area contributed by atoms with Crippen molar-refractivity contribution in [3.8, 4) is 0 Å². The third-order valence-corrected chi connectivity index (χ3v) is 2.52. The molecule has 98 valence electrons. The van der Waals surface area contributed by atoms with Gasteiger partial charge in [-0.1, -0.05) is 0 Å². The maximum absolute atomic E-state index is 11.6. The van der Waals surface area contributed by atoms with Crippen LogP contribution in [0.15, 0.2) is 0 Å². The molecule has 0 aromatic rings. The fourth-order valence-electron chi connectivity index (χ4n) is 1.69. The molecular weight excluding hydrogens is 224 g/mol. The molecule has 0 radical (unpaired) electrons. The van der Waals surface area contributed by atoms with Crippen LogP contribution in [0.2, 0.25) is 0 Å². The van der Waals surface area contributed by atoms with Gasteiger partial charge in [-0.15, -0.1) is 0 Å². The average molecular weight is 244 g/mol. The first-order valence-corrected chi connectivity index (χ1v) is 5.62. The molecule has 1 amide bonds. The van der Waals surface area contributed by atoms with E-state index in [1.165, 1.54) is 4.90 Å². The molecule has 1 heterocycles. The van der Waals surface area contributed by atoms with Crippen LogP contribution in [-0.2, 0) is 14.3 Å². The monoisotopic (exact) mass is 244 g/mol. The van der Waals surface area contributed by atoms with Gasteiger partial charge in [0.25, 0.3) is 0 Å². The van der Waals surface area contributed by atoms with E-state index in [1.807, 2.05) is 20.8 Å². The Morgan fingerprint density at radius 2 is 2.24 bits per heavy atom. The normalized spacial score (nSPS) is 22.9. The molecule has 1 aliphatic rings. The molecule has 6 nitrogen and oxygen atoms in total. The van der Waals surface area contributed by atoms with E-state index in [4.69, 9.17) is 15.6 Å². The zero-order chi connectivity index (χ0) is 13.2. The molecule has 6 heteroatoms. The largest absolute Gasteiger partial charge is 0.480 e. The summed E-state index contributed by atoms with van der Waals surface area (Å²) in [5, 5.41) is 9.12. The van der Waals surface area contributed by atoms with Crippen molar-refractivity contribution < 1.29 is 19.4 Å². The van der Waals surface area contributed by atoms with Crippen LogP contribution in [-0.4, -0.2) is 52.7 Å². The SMILES string of the molecule is CC(C)(C)OC[C@@H](C(=O)O)N1CC(N)CC1=O. The summed E-state index contributed by atoms with van der Waals surface area (Å²) >= 11 is 0. The molecule has 2 atom stereocenters. The van der Waals surface area contributed by atoms with Crippen molar-refractivity contribution in [1.82, 2.24) is 4.90 Å². The lowest BCUT2D eigenvalue weighted by molar-refractivity contribution is -0.153. The number of nitrogens with two attached hydrogens (primary N) is 1. The van der Waals surface area contributed by atoms with E-state index in [-0.39, 0.29) is 31.5 Å². The number of carboxylic acids is 1. The zero-order valence-electron chi connectivity index (χ0n) is 10.5. The van der Waals surface area contributed by atoms with Crippen LogP contribution in [0, 0.1) is 0 Å². The summed E-state index contributed by atoms with van der Waals surface area (Å²) in [6, 6.07) is -1.23. The smallest absolute Gasteiger partial charge is 0.328 e. The Hall–Kier alpha value is -1.14. The predicted octanol–water partition coefficient (Wildman–Crippen LogP) is -0.186. The number of ether oxygens (including phenoxy) is 1. The van der Waals surface area contributed by atoms with Crippen molar-refractivity contribution in [2.75, 3.05) is 13.2 Å². The standard InChI is InChI=1S/C11H20N2O4/c1-11(2,3)17-6-8(10(15)16)13-5-7(12)4-9(13)14/h7-8H,4-6,12H2,1-3H3,(H,15,16)/t7?,8-/m0/s1. The minimum Gasteiger partial charge on any atom is -0.480 e. The molecule has 0 aromatic carbocycles. The number of carbonyl (C=O) groups is 2. The van der Waals surface area contributed by atoms with Gasteiger partial charge in [-0.25, -0.2) is 4.79 Å². The number of carbonyl (C=O) groups excluding carboxylic acids is 1. The second-order valence-corrected chi connectivity index (χ2v) is 5.29. The first-order valence-electron chi connectivity index (χ1n) is 5.62. The molecule has 1 unspecified atom stereocenters. The Morgan fingerprint density at radius 3 is 2.59 bits per heavy atom. The fourth-order valence-corrected chi connectivity index (χ4v) is 1.69. The minimum atomic E-state index is -1.06. The van der Waals surface area contributed by atoms with Gasteiger partial charge < -0.3 is 20.5 Å². The van der Waals surface area contributed by atoms with Gasteiger partial charge in [-0.3, -0.25) is 4.79 Å². The van der Waals surface area contributed by atoms with Crippen molar-refractivity contribution in [1.29, 1.82) is 0 Å². The molecule has 0 aliphatic carbocycles. The van der Waals surface area contributed by atoms with E-state index in [2.05, 4.69) is 0 Å². The Balaban J connectivity index is 2.67. The molecule has 0 bridgehead atoms. The quantitative estimate of drug-likeness (QED) is 0.715. The topological polar surface area (TPSA) is 92.9 Å². The highest BCUT2D eigenvalue weighted by molar-refractivity contribution is 5.85. The Kier molecular flexibility index (Phi) is 4.11. The van der Waals surface area contributed by atoms with Crippen LogP contribution in [0.1, 0.15) is 27.2 Å². The first kappa shape index (κ1) is 13.9. The molecule has 1 aliphatic heterocycles. The number of nitrogens with zero attached hydrogens (tertiary/aromatic N) is 1. The molecule has 1 saturated heterocycles. The van der Waals surface area contributed by atoms with Gasteiger partial charge in [0.15, 0.2) is 6.04 Å². The highest BCUT2D eigenvalue weighted by Gasteiger charge is 2.37. The van der Waals surface area contributed by atoms with Crippen molar-refractivity contribution in [3.63, 3.8) is 0 Å². The molecule has 0 saturated carbocycles. The van der Waals surface area contributed by atoms with E-state index in [1.54, 1.807) is 0 Å². The summed E-state index contributed by atoms with van der Waals surface area (Å²) < 4.78 is 5.43. The summed E-state index contributed by atoms with van der Waals surface area (Å²) in [6.45, 7) is 5.77. The van der Waals surface area contributed by atoms with Crippen LogP contribution in [0.4, 0.5) is 0 Å². The van der Waals surface area contributed by atoms with E-state index < -0.39 is 17.6 Å². The van der Waals surface area contributed by atoms with Gasteiger partial charge in [0.1, 0.15) is 0 Å². The van der Waals surface area contributed by atoms with Crippen molar-refractivity contribution in [3.05, 3.63) is 0 Å². The number of likely N-dealkylation sites (tertiary alicyclic amines) is 1. The highest BCUT2D eigenvalue weighted by Crippen LogP contribution is 2.16. The van der Waals surface area contributed by atoms with Gasteiger partial charge >= 0.3 is 5.97 Å². The number of hydrogen-bond acceptors (Lipinski definition) is 4. The summed E-state index contributed by atoms with van der Waals surface area (Å²) in [6.07, 6.45) is 0.208. The molecule has 3 N–H and O–H groups in total. The van der Waals surface area contributed by atoms with Crippen LogP contribution in [0.5, 0.6) is 0 Å². The average Bonchev–Trinajstić information content (AvgIpc) is 2.43. The second-order valence-electron chi connectivity index (χ2n) is 5.29. The highest BCUT2D eigenvalue weighted by atomic mass is 16.5. The van der Waals surface area contributed by atoms with Gasteiger partial charge in [0.2, 0.25) is 5.91 Å². The fraction of sp³-hybridized carbons (Fsp3) is 0.818. The Morgan fingerprint density at radius 1 is 1.65 bits per heavy atom. The van der Waals surface area contributed by atoms with Gasteiger partial charge in [0.05, 0.1) is 12.2 Å². The number of rotatable bonds is 4. The molecule has 0 aromatic heterocycles. The Labute approximate surface area is 101 Å². The zero-order valence-corrected chi connectivity index (χ0v) is 10.5. The third kappa shape index (κ3) is 3.98. The molecule has 0 spiro atoms. The van der Waals surface area contributed by atoms with Crippen LogP contribution < -0.4 is 5.73 Å². The number of amides is 1. The van der Waals surface area contributed by atoms with E-state index in [0.717, 1.165) is 0 Å². The van der Waals surface area contributed by atoms with Gasteiger partial charge in [-0.05, 0) is 20.8 Å². The summed E-state index contributed by atoms with van der Waals surface area (Å²) in [5.41, 5.74) is 5.21. The number of hydrogen-bond donors (Lipinski definition) is 2. The molecular formula is C11H20N2O4. The van der Waals surface area contributed by atoms with Crippen molar-refractivity contribution >= 4 is 11.9 Å². The van der Waals surface area contributed by atoms with E-state index in [0.29, 0.717) is 0 Å². The lowest BCUT2D eigenvalue weighted by Gasteiger charge is -2.28.